The van der Waals surface area contributed by atoms with Crippen molar-refractivity contribution in [2.45, 2.75) is 26.7 Å². The van der Waals surface area contributed by atoms with Gasteiger partial charge in [0.2, 0.25) is 0 Å². The fourth-order valence-electron chi connectivity index (χ4n) is 4.66. The van der Waals surface area contributed by atoms with E-state index in [0.29, 0.717) is 5.56 Å². The Morgan fingerprint density at radius 1 is 0.968 bits per heavy atom. The zero-order chi connectivity index (χ0) is 22.3. The highest BCUT2D eigenvalue weighted by Gasteiger charge is 2.30. The monoisotopic (exact) mass is 525 g/mol. The number of ether oxygens (including phenoxy) is 1. The van der Waals surface area contributed by atoms with Gasteiger partial charge >= 0.3 is 6.09 Å². The topological polar surface area (TPSA) is 46.6 Å². The number of anilines is 1. The van der Waals surface area contributed by atoms with Gasteiger partial charge in [-0.2, -0.15) is 0 Å². The van der Waals surface area contributed by atoms with Crippen LogP contribution >= 0.6 is 22.6 Å². The van der Waals surface area contributed by atoms with E-state index in [2.05, 4.69) is 46.9 Å². The van der Waals surface area contributed by atoms with Crippen LogP contribution in [0.25, 0.3) is 11.1 Å². The zero-order valence-electron chi connectivity index (χ0n) is 18.0. The highest BCUT2D eigenvalue weighted by atomic mass is 127. The number of nitrogens with zero attached hydrogens (tertiary/aromatic N) is 1. The third-order valence-electron chi connectivity index (χ3n) is 6.24. The lowest BCUT2D eigenvalue weighted by atomic mass is 9.97. The molecule has 158 valence electrons. The van der Waals surface area contributed by atoms with Crippen molar-refractivity contribution in [3.8, 4) is 11.1 Å². The molecule has 3 aromatic rings. The normalized spacial score (nSPS) is 12.3. The Hall–Kier alpha value is -2.67. The number of carbonyl (C=O) groups is 2. The molecule has 4 nitrogen and oxygen atoms in total. The summed E-state index contributed by atoms with van der Waals surface area (Å²) in [6.07, 6.45) is 0.436. The summed E-state index contributed by atoms with van der Waals surface area (Å²) in [5, 5.41) is 0. The Morgan fingerprint density at radius 3 is 2.06 bits per heavy atom. The fourth-order valence-corrected chi connectivity index (χ4v) is 5.20. The van der Waals surface area contributed by atoms with E-state index in [4.69, 9.17) is 4.74 Å². The summed E-state index contributed by atoms with van der Waals surface area (Å²) in [7, 11) is 1.70. The Labute approximate surface area is 196 Å². The van der Waals surface area contributed by atoms with Crippen LogP contribution < -0.4 is 4.90 Å². The van der Waals surface area contributed by atoms with E-state index in [1.807, 2.05) is 45.0 Å². The van der Waals surface area contributed by atoms with Gasteiger partial charge in [0, 0.05) is 22.1 Å². The zero-order valence-corrected chi connectivity index (χ0v) is 20.2. The van der Waals surface area contributed by atoms with Crippen LogP contribution in [0.1, 0.15) is 44.1 Å². The van der Waals surface area contributed by atoms with Crippen molar-refractivity contribution in [2.24, 2.45) is 0 Å². The third-order valence-corrected chi connectivity index (χ3v) is 7.86. The van der Waals surface area contributed by atoms with E-state index in [0.717, 1.165) is 32.2 Å². The van der Waals surface area contributed by atoms with Crippen LogP contribution in [0.5, 0.6) is 0 Å². The summed E-state index contributed by atoms with van der Waals surface area (Å²) in [5.74, 6) is 0.00985. The number of carbonyl (C=O) groups excluding carboxylic acids is 2. The van der Waals surface area contributed by atoms with Gasteiger partial charge in [0.1, 0.15) is 6.61 Å². The first-order valence-corrected chi connectivity index (χ1v) is 11.3. The Balaban J connectivity index is 1.61. The van der Waals surface area contributed by atoms with Crippen molar-refractivity contribution in [1.29, 1.82) is 0 Å². The second-order valence-electron chi connectivity index (χ2n) is 7.93. The van der Waals surface area contributed by atoms with Crippen molar-refractivity contribution in [1.82, 2.24) is 0 Å². The van der Waals surface area contributed by atoms with Crippen molar-refractivity contribution in [3.63, 3.8) is 0 Å². The molecule has 0 radical (unpaired) electrons. The van der Waals surface area contributed by atoms with Gasteiger partial charge in [-0.05, 0) is 82.3 Å². The summed E-state index contributed by atoms with van der Waals surface area (Å²) in [4.78, 5) is 26.2. The molecule has 0 unspecified atom stereocenters. The molecule has 0 saturated heterocycles. The molecular weight excluding hydrogens is 501 g/mol. The first kappa shape index (κ1) is 21.6. The van der Waals surface area contributed by atoms with Gasteiger partial charge in [0.05, 0.1) is 5.69 Å². The Morgan fingerprint density at radius 2 is 1.52 bits per heavy atom. The van der Waals surface area contributed by atoms with Crippen LogP contribution in [0.4, 0.5) is 10.5 Å². The molecule has 0 atom stereocenters. The number of halogens is 1. The van der Waals surface area contributed by atoms with Crippen LogP contribution in [-0.4, -0.2) is 26.0 Å². The summed E-state index contributed by atoms with van der Waals surface area (Å²) in [6, 6.07) is 16.5. The SMILES string of the molecule is Cc1c(I)c(C)c(N(C)C(=O)OCC2c3ccccc3-c3ccccc32)c(C)c1C=O. The van der Waals surface area contributed by atoms with E-state index in [1.165, 1.54) is 27.2 Å². The number of hydrogen-bond acceptors (Lipinski definition) is 3. The largest absolute Gasteiger partial charge is 0.448 e. The minimum atomic E-state index is -0.426. The predicted molar refractivity (Wildman–Crippen MR) is 132 cm³/mol. The number of benzene rings is 3. The second kappa shape index (κ2) is 8.46. The van der Waals surface area contributed by atoms with E-state index in [1.54, 1.807) is 7.05 Å². The second-order valence-corrected chi connectivity index (χ2v) is 9.01. The molecule has 31 heavy (non-hydrogen) atoms. The van der Waals surface area contributed by atoms with Crippen molar-refractivity contribution in [2.75, 3.05) is 18.6 Å². The van der Waals surface area contributed by atoms with Crippen LogP contribution in [0.15, 0.2) is 48.5 Å². The Bertz CT molecular complexity index is 1160. The minimum absolute atomic E-state index is 0.00985. The molecule has 4 rings (SSSR count). The number of amides is 1. The highest BCUT2D eigenvalue weighted by molar-refractivity contribution is 14.1. The predicted octanol–water partition coefficient (Wildman–Crippen LogP) is 6.41. The number of hydrogen-bond donors (Lipinski definition) is 0. The fraction of sp³-hybridized carbons (Fsp3) is 0.231. The van der Waals surface area contributed by atoms with Gasteiger partial charge in [-0.15, -0.1) is 0 Å². The van der Waals surface area contributed by atoms with Gasteiger partial charge in [-0.25, -0.2) is 4.79 Å². The molecule has 0 aliphatic heterocycles. The van der Waals surface area contributed by atoms with Gasteiger partial charge in [0.15, 0.2) is 6.29 Å². The average molecular weight is 525 g/mol. The van der Waals surface area contributed by atoms with Crippen LogP contribution in [-0.2, 0) is 4.74 Å². The lowest BCUT2D eigenvalue weighted by Gasteiger charge is -2.25. The maximum absolute atomic E-state index is 13.0. The number of fused-ring (bicyclic) bond motifs is 3. The molecule has 0 fully saturated rings. The first-order valence-electron chi connectivity index (χ1n) is 10.2. The standard InChI is InChI=1S/C26H24INO3/c1-15-22(13-29)16(2)25(17(3)24(15)27)28(4)26(30)31-14-23-20-11-7-5-9-18(20)19-10-6-8-12-21(19)23/h5-13,23H,14H2,1-4H3. The smallest absolute Gasteiger partial charge is 0.414 e. The van der Waals surface area contributed by atoms with Crippen molar-refractivity contribution in [3.05, 3.63) is 85.5 Å². The first-order chi connectivity index (χ1) is 14.9. The van der Waals surface area contributed by atoms with Gasteiger partial charge in [-0.3, -0.25) is 9.69 Å². The molecule has 0 spiro atoms. The van der Waals surface area contributed by atoms with E-state index >= 15 is 0 Å². The molecule has 1 aliphatic rings. The summed E-state index contributed by atoms with van der Waals surface area (Å²) < 4.78 is 6.79. The molecule has 0 N–H and O–H groups in total. The van der Waals surface area contributed by atoms with Gasteiger partial charge in [0.25, 0.3) is 0 Å². The lowest BCUT2D eigenvalue weighted by Crippen LogP contribution is -2.30. The van der Waals surface area contributed by atoms with E-state index in [9.17, 15) is 9.59 Å². The highest BCUT2D eigenvalue weighted by Crippen LogP contribution is 2.44. The quantitative estimate of drug-likeness (QED) is 0.292. The Kier molecular flexibility index (Phi) is 5.88. The van der Waals surface area contributed by atoms with Gasteiger partial charge < -0.3 is 4.74 Å². The molecule has 0 saturated carbocycles. The molecule has 0 heterocycles. The maximum atomic E-state index is 13.0. The van der Waals surface area contributed by atoms with Gasteiger partial charge in [-0.1, -0.05) is 48.5 Å². The minimum Gasteiger partial charge on any atom is -0.448 e. The number of aldehydes is 1. The molecule has 3 aromatic carbocycles. The molecule has 1 amide bonds. The maximum Gasteiger partial charge on any atom is 0.414 e. The summed E-state index contributed by atoms with van der Waals surface area (Å²) in [5.41, 5.74) is 8.82. The molecule has 0 bridgehead atoms. The molecule has 0 aromatic heterocycles. The number of rotatable bonds is 4. The third kappa shape index (κ3) is 3.55. The molecule has 5 heteroatoms. The van der Waals surface area contributed by atoms with Crippen LogP contribution in [0.2, 0.25) is 0 Å². The summed E-state index contributed by atoms with van der Waals surface area (Å²) >= 11 is 2.23. The van der Waals surface area contributed by atoms with Crippen LogP contribution in [0.3, 0.4) is 0 Å². The average Bonchev–Trinajstić information content (AvgIpc) is 3.10. The van der Waals surface area contributed by atoms with Crippen molar-refractivity contribution < 1.29 is 14.3 Å². The van der Waals surface area contributed by atoms with E-state index < -0.39 is 6.09 Å². The summed E-state index contributed by atoms with van der Waals surface area (Å²) in [6.45, 7) is 6.04. The molecule has 1 aliphatic carbocycles. The molecular formula is C26H24INO3. The lowest BCUT2D eigenvalue weighted by molar-refractivity contribution is 0.112. The van der Waals surface area contributed by atoms with E-state index in [-0.39, 0.29) is 12.5 Å². The van der Waals surface area contributed by atoms with Crippen molar-refractivity contribution >= 4 is 40.7 Å². The van der Waals surface area contributed by atoms with Crippen LogP contribution in [0, 0.1) is 24.3 Å².